The lowest BCUT2D eigenvalue weighted by atomic mass is 10.2. The first-order valence-electron chi connectivity index (χ1n) is 12.0. The van der Waals surface area contributed by atoms with E-state index in [0.29, 0.717) is 34.8 Å². The predicted octanol–water partition coefficient (Wildman–Crippen LogP) is 3.60. The number of likely N-dealkylation sites (N-methyl/N-ethyl adjacent to an activating group) is 1. The Morgan fingerprint density at radius 3 is 2.70 bits per heavy atom. The van der Waals surface area contributed by atoms with E-state index in [1.54, 1.807) is 29.8 Å². The molecular weight excluding hydrogens is 514 g/mol. The molecule has 1 fully saturated rings. The topological polar surface area (TPSA) is 119 Å². The van der Waals surface area contributed by atoms with Gasteiger partial charge in [0.2, 0.25) is 0 Å². The number of nitrogens with one attached hydrogen (secondary N) is 1. The molecule has 0 saturated carbocycles. The molecule has 1 N–H and O–H groups in total. The summed E-state index contributed by atoms with van der Waals surface area (Å²) in [4.78, 5) is 9.20. The number of hydrogen-bond acceptors (Lipinski definition) is 10. The molecule has 37 heavy (non-hydrogen) atoms. The fraction of sp³-hybridized carbons (Fsp3) is 0.375. The summed E-state index contributed by atoms with van der Waals surface area (Å²) in [6.07, 6.45) is 2.85. The molecule has 196 valence electrons. The van der Waals surface area contributed by atoms with Crippen LogP contribution in [0.2, 0.25) is 0 Å². The number of piperazine rings is 1. The number of thiophene rings is 1. The van der Waals surface area contributed by atoms with Crippen LogP contribution < -0.4 is 14.4 Å². The monoisotopic (exact) mass is 543 g/mol. The molecule has 13 heteroatoms. The fourth-order valence-corrected chi connectivity index (χ4v) is 6.66. The van der Waals surface area contributed by atoms with Crippen molar-refractivity contribution in [3.8, 4) is 22.4 Å². The minimum Gasteiger partial charge on any atom is -0.443 e. The van der Waals surface area contributed by atoms with Crippen LogP contribution in [0.15, 0.2) is 57.6 Å². The maximum absolute atomic E-state index is 13.1. The van der Waals surface area contributed by atoms with E-state index in [0.717, 1.165) is 43.2 Å². The maximum atomic E-state index is 13.1. The van der Waals surface area contributed by atoms with E-state index in [9.17, 15) is 8.42 Å². The Hall–Kier alpha value is -3.26. The van der Waals surface area contributed by atoms with Gasteiger partial charge < -0.3 is 19.0 Å². The van der Waals surface area contributed by atoms with Crippen molar-refractivity contribution in [2.24, 2.45) is 0 Å². The number of nitrogens with zero attached hydrogens (tertiary/aromatic N) is 6. The molecule has 1 aromatic carbocycles. The highest BCUT2D eigenvalue weighted by molar-refractivity contribution is 7.91. The summed E-state index contributed by atoms with van der Waals surface area (Å²) in [5.74, 6) is 1.63. The number of benzene rings is 1. The molecular formula is C24H29N7O4S2. The number of anilines is 1. The van der Waals surface area contributed by atoms with Crippen molar-refractivity contribution < 1.29 is 17.6 Å². The molecule has 11 nitrogen and oxygen atoms in total. The van der Waals surface area contributed by atoms with Crippen LogP contribution in [0.25, 0.3) is 10.6 Å². The van der Waals surface area contributed by atoms with Crippen LogP contribution in [0.3, 0.4) is 0 Å². The van der Waals surface area contributed by atoms with Crippen molar-refractivity contribution >= 4 is 27.0 Å². The minimum absolute atomic E-state index is 0.172. The second-order valence-electron chi connectivity index (χ2n) is 8.80. The zero-order chi connectivity index (χ0) is 26.0. The highest BCUT2D eigenvalue weighted by atomic mass is 32.2. The van der Waals surface area contributed by atoms with Gasteiger partial charge in [0.05, 0.1) is 17.1 Å². The smallest absolute Gasteiger partial charge is 0.322 e. The summed E-state index contributed by atoms with van der Waals surface area (Å²) in [7, 11) is -1.67. The fourth-order valence-electron chi connectivity index (χ4n) is 4.18. The third-order valence-corrected chi connectivity index (χ3v) is 9.33. The Labute approximate surface area is 219 Å². The second kappa shape index (κ2) is 10.6. The quantitative estimate of drug-likeness (QED) is 0.338. The van der Waals surface area contributed by atoms with Crippen molar-refractivity contribution in [1.29, 1.82) is 0 Å². The van der Waals surface area contributed by atoms with Gasteiger partial charge in [-0.1, -0.05) is 11.2 Å². The van der Waals surface area contributed by atoms with Crippen LogP contribution in [-0.4, -0.2) is 66.3 Å². The van der Waals surface area contributed by atoms with Crippen LogP contribution in [0.1, 0.15) is 25.7 Å². The Kier molecular flexibility index (Phi) is 7.29. The summed E-state index contributed by atoms with van der Waals surface area (Å²) >= 11 is 1.11. The van der Waals surface area contributed by atoms with Gasteiger partial charge in [0.25, 0.3) is 10.0 Å². The van der Waals surface area contributed by atoms with E-state index in [2.05, 4.69) is 42.8 Å². The Balaban J connectivity index is 1.31. The lowest BCUT2D eigenvalue weighted by Gasteiger charge is -2.34. The van der Waals surface area contributed by atoms with E-state index in [4.69, 9.17) is 9.15 Å². The third kappa shape index (κ3) is 5.54. The molecule has 1 aliphatic rings. The van der Waals surface area contributed by atoms with Crippen molar-refractivity contribution in [2.45, 2.75) is 30.6 Å². The van der Waals surface area contributed by atoms with Crippen LogP contribution in [0.4, 0.5) is 5.69 Å². The van der Waals surface area contributed by atoms with Gasteiger partial charge in [-0.2, -0.15) is 4.72 Å². The normalized spacial score (nSPS) is 15.7. The van der Waals surface area contributed by atoms with Crippen molar-refractivity contribution in [2.75, 3.05) is 38.1 Å². The van der Waals surface area contributed by atoms with E-state index in [1.165, 1.54) is 6.39 Å². The molecule has 0 radical (unpaired) electrons. The first-order valence-corrected chi connectivity index (χ1v) is 14.3. The predicted molar refractivity (Wildman–Crippen MR) is 140 cm³/mol. The lowest BCUT2D eigenvalue weighted by molar-refractivity contribution is 0.312. The first-order chi connectivity index (χ1) is 17.8. The number of ether oxygens (including phenoxy) is 1. The van der Waals surface area contributed by atoms with Gasteiger partial charge in [-0.25, -0.2) is 13.4 Å². The van der Waals surface area contributed by atoms with Crippen molar-refractivity contribution in [1.82, 2.24) is 29.4 Å². The van der Waals surface area contributed by atoms with Gasteiger partial charge in [-0.3, -0.25) is 4.57 Å². The number of sulfonamides is 1. The SMILES string of the molecule is CCn1c(Oc2cccc(N3CCN(C)CC3)c2)nnc1[C@@H](C)NS(=O)(=O)c1ccc(-c2cnco2)s1. The maximum Gasteiger partial charge on any atom is 0.322 e. The summed E-state index contributed by atoms with van der Waals surface area (Å²) in [6.45, 7) is 8.12. The van der Waals surface area contributed by atoms with Crippen LogP contribution in [0, 0.1) is 0 Å². The molecule has 0 spiro atoms. The second-order valence-corrected chi connectivity index (χ2v) is 11.8. The molecule has 1 aliphatic heterocycles. The van der Waals surface area contributed by atoms with Gasteiger partial charge in [-0.05, 0) is 45.2 Å². The third-order valence-electron chi connectivity index (χ3n) is 6.20. The Morgan fingerprint density at radius 2 is 1.97 bits per heavy atom. The minimum atomic E-state index is -3.80. The standard InChI is InChI=1S/C24H29N7O4S2/c1-4-31-23(17(2)28-37(32,33)22-9-8-21(36-22)20-15-25-16-34-20)26-27-24(31)35-19-7-5-6-18(14-19)30-12-10-29(3)11-13-30/h5-9,14-17,28H,4,10-13H2,1-3H3/t17-/m1/s1. The largest absolute Gasteiger partial charge is 0.443 e. The molecule has 0 unspecified atom stereocenters. The van der Waals surface area contributed by atoms with Gasteiger partial charge in [0.1, 0.15) is 9.96 Å². The summed E-state index contributed by atoms with van der Waals surface area (Å²) < 4.78 is 42.1. The zero-order valence-electron chi connectivity index (χ0n) is 20.9. The number of rotatable bonds is 9. The molecule has 1 saturated heterocycles. The number of oxazole rings is 1. The highest BCUT2D eigenvalue weighted by Crippen LogP contribution is 2.32. The van der Waals surface area contributed by atoms with E-state index < -0.39 is 16.1 Å². The molecule has 1 atom stereocenters. The molecule has 0 amide bonds. The van der Waals surface area contributed by atoms with Gasteiger partial charge >= 0.3 is 6.01 Å². The molecule has 0 aliphatic carbocycles. The van der Waals surface area contributed by atoms with E-state index in [-0.39, 0.29) is 4.21 Å². The summed E-state index contributed by atoms with van der Waals surface area (Å²) in [6, 6.07) is 10.8. The van der Waals surface area contributed by atoms with Crippen LogP contribution in [-0.2, 0) is 16.6 Å². The number of aromatic nitrogens is 4. The molecule has 4 heterocycles. The lowest BCUT2D eigenvalue weighted by Crippen LogP contribution is -2.44. The van der Waals surface area contributed by atoms with Crippen molar-refractivity contribution in [3.63, 3.8) is 0 Å². The number of hydrogen-bond donors (Lipinski definition) is 1. The molecule has 5 rings (SSSR count). The van der Waals surface area contributed by atoms with E-state index >= 15 is 0 Å². The molecule has 4 aromatic rings. The van der Waals surface area contributed by atoms with Gasteiger partial charge in [-0.15, -0.1) is 16.4 Å². The van der Waals surface area contributed by atoms with Crippen LogP contribution in [0.5, 0.6) is 11.8 Å². The van der Waals surface area contributed by atoms with Gasteiger partial charge in [0, 0.05) is 44.5 Å². The van der Waals surface area contributed by atoms with Crippen LogP contribution >= 0.6 is 11.3 Å². The highest BCUT2D eigenvalue weighted by Gasteiger charge is 2.26. The van der Waals surface area contributed by atoms with E-state index in [1.807, 2.05) is 25.1 Å². The van der Waals surface area contributed by atoms with Crippen molar-refractivity contribution in [3.05, 3.63) is 54.8 Å². The molecule has 3 aromatic heterocycles. The summed E-state index contributed by atoms with van der Waals surface area (Å²) in [5, 5.41) is 8.47. The zero-order valence-corrected chi connectivity index (χ0v) is 22.5. The first kappa shape index (κ1) is 25.4. The summed E-state index contributed by atoms with van der Waals surface area (Å²) in [5.41, 5.74) is 1.09. The Bertz CT molecular complexity index is 1440. The average molecular weight is 544 g/mol. The Morgan fingerprint density at radius 1 is 1.16 bits per heavy atom. The average Bonchev–Trinajstić information content (AvgIpc) is 3.65. The van der Waals surface area contributed by atoms with Gasteiger partial charge in [0.15, 0.2) is 18.0 Å². The molecule has 0 bridgehead atoms.